The Kier molecular flexibility index (Phi) is 6.08. The molecule has 0 aliphatic heterocycles. The first-order chi connectivity index (χ1) is 11.7. The average Bonchev–Trinajstić information content (AvgIpc) is 2.89. The van der Waals surface area contributed by atoms with Crippen molar-refractivity contribution in [3.63, 3.8) is 0 Å². The van der Waals surface area contributed by atoms with Crippen molar-refractivity contribution in [1.82, 2.24) is 15.1 Å². The van der Waals surface area contributed by atoms with E-state index in [0.29, 0.717) is 5.75 Å². The molecule has 1 amide bonds. The summed E-state index contributed by atoms with van der Waals surface area (Å²) in [7, 11) is 1.63. The molecular formula is C18H24ClN3O3. The summed E-state index contributed by atoms with van der Waals surface area (Å²) in [5.41, 5.74) is 1.54. The van der Waals surface area contributed by atoms with E-state index in [1.807, 2.05) is 24.3 Å². The molecule has 0 aliphatic carbocycles. The number of benzene rings is 1. The van der Waals surface area contributed by atoms with Crippen LogP contribution in [0.5, 0.6) is 5.75 Å². The Morgan fingerprint density at radius 2 is 2.00 bits per heavy atom. The molecule has 0 saturated carbocycles. The number of halogens is 1. The summed E-state index contributed by atoms with van der Waals surface area (Å²) in [6.07, 6.45) is 0.565. The summed E-state index contributed by atoms with van der Waals surface area (Å²) in [6.45, 7) is 6.56. The predicted molar refractivity (Wildman–Crippen MR) is 97.2 cm³/mol. The lowest BCUT2D eigenvalue weighted by molar-refractivity contribution is 0.0836. The number of amides is 1. The number of carbonyl (C=O) groups is 1. The maximum Gasteiger partial charge on any atom is 0.271 e. The summed E-state index contributed by atoms with van der Waals surface area (Å²) < 4.78 is 6.95. The van der Waals surface area contributed by atoms with Crippen molar-refractivity contribution in [2.24, 2.45) is 7.05 Å². The zero-order chi connectivity index (χ0) is 18.6. The predicted octanol–water partition coefficient (Wildman–Crippen LogP) is 2.54. The van der Waals surface area contributed by atoms with Crippen LogP contribution >= 0.6 is 11.6 Å². The van der Waals surface area contributed by atoms with Gasteiger partial charge in [0.15, 0.2) is 0 Å². The topological polar surface area (TPSA) is 76.4 Å². The zero-order valence-electron chi connectivity index (χ0n) is 14.9. The first-order valence-corrected chi connectivity index (χ1v) is 8.43. The van der Waals surface area contributed by atoms with Crippen molar-refractivity contribution in [3.8, 4) is 5.75 Å². The van der Waals surface area contributed by atoms with Gasteiger partial charge in [0, 0.05) is 13.6 Å². The third-order valence-corrected chi connectivity index (χ3v) is 4.05. The van der Waals surface area contributed by atoms with Gasteiger partial charge in [-0.15, -0.1) is 0 Å². The number of aliphatic hydroxyl groups excluding tert-OH is 1. The molecule has 0 spiro atoms. The van der Waals surface area contributed by atoms with Crippen LogP contribution in [0.2, 0.25) is 5.02 Å². The van der Waals surface area contributed by atoms with Crippen LogP contribution in [0.1, 0.15) is 36.8 Å². The maximum atomic E-state index is 12.0. The van der Waals surface area contributed by atoms with Gasteiger partial charge in [-0.25, -0.2) is 0 Å². The van der Waals surface area contributed by atoms with Crippen LogP contribution in [-0.4, -0.2) is 40.0 Å². The summed E-state index contributed by atoms with van der Waals surface area (Å²) in [4.78, 5) is 12.0. The number of nitrogens with zero attached hydrogens (tertiary/aromatic N) is 2. The van der Waals surface area contributed by atoms with Crippen LogP contribution in [0.15, 0.2) is 30.5 Å². The molecule has 1 aromatic heterocycles. The minimum absolute atomic E-state index is 0.0560. The van der Waals surface area contributed by atoms with Gasteiger partial charge in [0.1, 0.15) is 24.2 Å². The number of aryl methyl sites for hydroxylation is 1. The summed E-state index contributed by atoms with van der Waals surface area (Å²) in [5.74, 6) is 0.284. The fraction of sp³-hybridized carbons (Fsp3) is 0.444. The number of hydrogen-bond donors (Lipinski definition) is 2. The lowest BCUT2D eigenvalue weighted by Crippen LogP contribution is -2.36. The van der Waals surface area contributed by atoms with E-state index < -0.39 is 12.0 Å². The van der Waals surface area contributed by atoms with E-state index in [1.54, 1.807) is 7.05 Å². The highest BCUT2D eigenvalue weighted by Gasteiger charge is 2.17. The third-order valence-electron chi connectivity index (χ3n) is 3.77. The van der Waals surface area contributed by atoms with E-state index in [9.17, 15) is 9.90 Å². The molecule has 25 heavy (non-hydrogen) atoms. The van der Waals surface area contributed by atoms with Crippen LogP contribution in [0, 0.1) is 0 Å². The molecular weight excluding hydrogens is 342 g/mol. The van der Waals surface area contributed by atoms with Gasteiger partial charge < -0.3 is 15.2 Å². The van der Waals surface area contributed by atoms with Crippen molar-refractivity contribution < 1.29 is 14.6 Å². The van der Waals surface area contributed by atoms with E-state index in [2.05, 4.69) is 31.2 Å². The highest BCUT2D eigenvalue weighted by atomic mass is 35.5. The maximum absolute atomic E-state index is 12.0. The largest absolute Gasteiger partial charge is 0.491 e. The average molecular weight is 366 g/mol. The highest BCUT2D eigenvalue weighted by Crippen LogP contribution is 2.24. The Labute approximate surface area is 152 Å². The number of carbonyl (C=O) groups excluding carboxylic acids is 1. The van der Waals surface area contributed by atoms with Crippen molar-refractivity contribution in [3.05, 3.63) is 46.7 Å². The third kappa shape index (κ3) is 5.21. The van der Waals surface area contributed by atoms with Crippen LogP contribution in [-0.2, 0) is 12.5 Å². The summed E-state index contributed by atoms with van der Waals surface area (Å²) >= 11 is 5.91. The van der Waals surface area contributed by atoms with Crippen LogP contribution in [0.3, 0.4) is 0 Å². The van der Waals surface area contributed by atoms with Crippen molar-refractivity contribution in [1.29, 1.82) is 0 Å². The zero-order valence-corrected chi connectivity index (χ0v) is 15.7. The van der Waals surface area contributed by atoms with E-state index in [4.69, 9.17) is 16.3 Å². The standard InChI is InChI=1S/C18H24ClN3O3/c1-18(2,3)12-5-7-14(8-6-12)25-11-13(23)9-20-17(24)16-15(19)10-21-22(16)4/h5-8,10,13,23H,9,11H2,1-4H3,(H,20,24)/t13-/m0/s1. The van der Waals surface area contributed by atoms with Crippen LogP contribution < -0.4 is 10.1 Å². The van der Waals surface area contributed by atoms with Gasteiger partial charge >= 0.3 is 0 Å². The van der Waals surface area contributed by atoms with Crippen LogP contribution in [0.4, 0.5) is 0 Å². The van der Waals surface area contributed by atoms with Gasteiger partial charge in [0.2, 0.25) is 0 Å². The smallest absolute Gasteiger partial charge is 0.271 e. The molecule has 2 N–H and O–H groups in total. The number of rotatable bonds is 6. The Morgan fingerprint density at radius 1 is 1.36 bits per heavy atom. The van der Waals surface area contributed by atoms with E-state index in [-0.39, 0.29) is 29.3 Å². The molecule has 6 nitrogen and oxygen atoms in total. The molecule has 2 rings (SSSR count). The first-order valence-electron chi connectivity index (χ1n) is 8.05. The number of aliphatic hydroxyl groups is 1. The fourth-order valence-corrected chi connectivity index (χ4v) is 2.51. The molecule has 0 fully saturated rings. The highest BCUT2D eigenvalue weighted by molar-refractivity contribution is 6.33. The molecule has 1 heterocycles. The van der Waals surface area contributed by atoms with Crippen molar-refractivity contribution in [2.45, 2.75) is 32.3 Å². The molecule has 1 atom stereocenters. The van der Waals surface area contributed by atoms with Gasteiger partial charge in [-0.05, 0) is 23.1 Å². The molecule has 0 aliphatic rings. The number of aromatic nitrogens is 2. The van der Waals surface area contributed by atoms with E-state index in [1.165, 1.54) is 16.4 Å². The molecule has 0 bridgehead atoms. The SMILES string of the molecule is Cn1ncc(Cl)c1C(=O)NC[C@H](O)COc1ccc(C(C)(C)C)cc1. The second-order valence-corrected chi connectivity index (χ2v) is 7.32. The Balaban J connectivity index is 1.81. The van der Waals surface area contributed by atoms with E-state index in [0.717, 1.165) is 0 Å². The molecule has 7 heteroatoms. The Hall–Kier alpha value is -2.05. The lowest BCUT2D eigenvalue weighted by atomic mass is 9.87. The Bertz CT molecular complexity index is 701. The normalized spacial score (nSPS) is 12.7. The lowest BCUT2D eigenvalue weighted by Gasteiger charge is -2.19. The second kappa shape index (κ2) is 7.89. The minimum atomic E-state index is -0.835. The molecule has 136 valence electrons. The van der Waals surface area contributed by atoms with Gasteiger partial charge in [-0.3, -0.25) is 9.48 Å². The van der Waals surface area contributed by atoms with Gasteiger partial charge in [-0.2, -0.15) is 5.10 Å². The van der Waals surface area contributed by atoms with E-state index >= 15 is 0 Å². The molecule has 0 saturated heterocycles. The van der Waals surface area contributed by atoms with Gasteiger partial charge in [-0.1, -0.05) is 44.5 Å². The second-order valence-electron chi connectivity index (χ2n) is 6.91. The molecule has 0 unspecified atom stereocenters. The first kappa shape index (κ1) is 19.3. The minimum Gasteiger partial charge on any atom is -0.491 e. The molecule has 1 aromatic carbocycles. The number of hydrogen-bond acceptors (Lipinski definition) is 4. The molecule has 2 aromatic rings. The monoisotopic (exact) mass is 365 g/mol. The number of nitrogens with one attached hydrogen (secondary N) is 1. The molecule has 0 radical (unpaired) electrons. The summed E-state index contributed by atoms with van der Waals surface area (Å²) in [6, 6.07) is 7.77. The number of ether oxygens (including phenoxy) is 1. The van der Waals surface area contributed by atoms with Gasteiger partial charge in [0.25, 0.3) is 5.91 Å². The van der Waals surface area contributed by atoms with Crippen molar-refractivity contribution in [2.75, 3.05) is 13.2 Å². The van der Waals surface area contributed by atoms with Gasteiger partial charge in [0.05, 0.1) is 11.2 Å². The Morgan fingerprint density at radius 3 is 2.52 bits per heavy atom. The van der Waals surface area contributed by atoms with Crippen LogP contribution in [0.25, 0.3) is 0 Å². The quantitative estimate of drug-likeness (QED) is 0.824. The fourth-order valence-electron chi connectivity index (χ4n) is 2.26. The summed E-state index contributed by atoms with van der Waals surface area (Å²) in [5, 5.41) is 16.8. The van der Waals surface area contributed by atoms with Crippen molar-refractivity contribution >= 4 is 17.5 Å².